The van der Waals surface area contributed by atoms with Gasteiger partial charge in [0.1, 0.15) is 31.0 Å². The fourth-order valence-corrected chi connectivity index (χ4v) is 6.09. The average Bonchev–Trinajstić information content (AvgIpc) is 3.15. The van der Waals surface area contributed by atoms with Gasteiger partial charge in [-0.1, -0.05) is 121 Å². The molecule has 308 valence electrons. The van der Waals surface area contributed by atoms with Crippen molar-refractivity contribution in [2.75, 3.05) is 19.8 Å². The van der Waals surface area contributed by atoms with E-state index in [-0.39, 0.29) is 26.1 Å². The van der Waals surface area contributed by atoms with Crippen molar-refractivity contribution >= 4 is 11.9 Å². The molecule has 10 nitrogen and oxygen atoms in total. The van der Waals surface area contributed by atoms with Gasteiger partial charge in [0.2, 0.25) is 0 Å². The molecule has 1 fully saturated rings. The molecule has 6 atom stereocenters. The maximum Gasteiger partial charge on any atom is 0.306 e. The molecule has 1 saturated heterocycles. The van der Waals surface area contributed by atoms with Gasteiger partial charge in [0.25, 0.3) is 0 Å². The van der Waals surface area contributed by atoms with Crippen LogP contribution in [-0.2, 0) is 28.5 Å². The summed E-state index contributed by atoms with van der Waals surface area (Å²) in [5.41, 5.74) is 0. The molecule has 10 heteroatoms. The number of hydrogen-bond acceptors (Lipinski definition) is 10. The Balaban J connectivity index is 2.38. The SMILES string of the molecule is CCCCC/C=C\C/C=C/CCCCCCCC(=O)OC[C@H](CO[C@@H]1O[C@H](CO)[C@H](O)[C@H](O)[C@H]1O)OC(=O)CCCCC/C=C\CCCCCCCC. The standard InChI is InChI=1S/C43H76O10/c1-3-5-7-9-11-13-15-17-18-20-21-23-25-27-29-31-38(45)50-34-36(35-51-43-42(49)41(48)40(47)37(33-44)53-43)52-39(46)32-30-28-26-24-22-19-16-14-12-10-8-6-4-2/h11,13,17-19,22,36-37,40-44,47-49H,3-10,12,14-16,20-21,23-35H2,1-2H3/b13-11-,18-17+,22-19-/t36-,37-,40+,41+,42-,43-/m1/s1. The van der Waals surface area contributed by atoms with Crippen molar-refractivity contribution in [3.8, 4) is 0 Å². The van der Waals surface area contributed by atoms with E-state index in [9.17, 15) is 30.0 Å². The fourth-order valence-electron chi connectivity index (χ4n) is 6.09. The molecule has 0 spiro atoms. The third-order valence-corrected chi connectivity index (χ3v) is 9.50. The van der Waals surface area contributed by atoms with Crippen molar-refractivity contribution in [3.05, 3.63) is 36.5 Å². The zero-order valence-electron chi connectivity index (χ0n) is 33.3. The van der Waals surface area contributed by atoms with Gasteiger partial charge in [-0.3, -0.25) is 9.59 Å². The lowest BCUT2D eigenvalue weighted by Crippen LogP contribution is -2.59. The Bertz CT molecular complexity index is 965. The number of aliphatic hydroxyl groups excluding tert-OH is 4. The Morgan fingerprint density at radius 2 is 1.06 bits per heavy atom. The van der Waals surface area contributed by atoms with Gasteiger partial charge in [-0.2, -0.15) is 0 Å². The lowest BCUT2D eigenvalue weighted by atomic mass is 9.99. The predicted molar refractivity (Wildman–Crippen MR) is 210 cm³/mol. The Hall–Kier alpha value is -2.08. The summed E-state index contributed by atoms with van der Waals surface area (Å²) in [6.45, 7) is 3.34. The quantitative estimate of drug-likeness (QED) is 0.0287. The van der Waals surface area contributed by atoms with Gasteiger partial charge in [0.15, 0.2) is 12.4 Å². The molecule has 1 aliphatic heterocycles. The summed E-state index contributed by atoms with van der Waals surface area (Å²) < 4.78 is 22.1. The van der Waals surface area contributed by atoms with Crippen LogP contribution in [0.5, 0.6) is 0 Å². The van der Waals surface area contributed by atoms with E-state index in [4.69, 9.17) is 18.9 Å². The largest absolute Gasteiger partial charge is 0.462 e. The number of carbonyl (C=O) groups excluding carboxylic acids is 2. The van der Waals surface area contributed by atoms with Gasteiger partial charge < -0.3 is 39.4 Å². The van der Waals surface area contributed by atoms with Gasteiger partial charge in [-0.25, -0.2) is 0 Å². The van der Waals surface area contributed by atoms with Crippen LogP contribution in [0.25, 0.3) is 0 Å². The number of hydrogen-bond donors (Lipinski definition) is 4. The van der Waals surface area contributed by atoms with Crippen LogP contribution in [0.4, 0.5) is 0 Å². The molecular formula is C43H76O10. The Kier molecular flexibility index (Phi) is 31.8. The molecule has 1 aliphatic rings. The first-order chi connectivity index (χ1) is 25.8. The molecule has 0 saturated carbocycles. The van der Waals surface area contributed by atoms with E-state index >= 15 is 0 Å². The van der Waals surface area contributed by atoms with Crippen molar-refractivity contribution in [2.45, 2.75) is 205 Å². The van der Waals surface area contributed by atoms with Crippen LogP contribution in [0.2, 0.25) is 0 Å². The summed E-state index contributed by atoms with van der Waals surface area (Å²) in [7, 11) is 0. The van der Waals surface area contributed by atoms with E-state index in [0.29, 0.717) is 12.8 Å². The van der Waals surface area contributed by atoms with Crippen LogP contribution in [0.15, 0.2) is 36.5 Å². The van der Waals surface area contributed by atoms with Gasteiger partial charge in [-0.15, -0.1) is 0 Å². The topological polar surface area (TPSA) is 152 Å². The van der Waals surface area contributed by atoms with E-state index in [1.54, 1.807) is 0 Å². The zero-order valence-corrected chi connectivity index (χ0v) is 33.3. The highest BCUT2D eigenvalue weighted by molar-refractivity contribution is 5.70. The normalized spacial score (nSPS) is 21.2. The minimum Gasteiger partial charge on any atom is -0.462 e. The van der Waals surface area contributed by atoms with Crippen molar-refractivity contribution < 1.29 is 49.0 Å². The molecule has 1 heterocycles. The Morgan fingerprint density at radius 1 is 0.585 bits per heavy atom. The highest BCUT2D eigenvalue weighted by Crippen LogP contribution is 2.22. The van der Waals surface area contributed by atoms with Crippen LogP contribution in [-0.4, -0.2) is 89.0 Å². The van der Waals surface area contributed by atoms with Gasteiger partial charge in [0, 0.05) is 12.8 Å². The summed E-state index contributed by atoms with van der Waals surface area (Å²) in [5.74, 6) is -0.843. The van der Waals surface area contributed by atoms with E-state index in [2.05, 4.69) is 50.3 Å². The Labute approximate surface area is 321 Å². The second-order valence-corrected chi connectivity index (χ2v) is 14.4. The van der Waals surface area contributed by atoms with Crippen LogP contribution in [0.3, 0.4) is 0 Å². The van der Waals surface area contributed by atoms with Crippen molar-refractivity contribution in [1.82, 2.24) is 0 Å². The minimum atomic E-state index is -1.60. The third-order valence-electron chi connectivity index (χ3n) is 9.50. The molecule has 0 amide bonds. The maximum absolute atomic E-state index is 12.7. The first-order valence-corrected chi connectivity index (χ1v) is 21.1. The first-order valence-electron chi connectivity index (χ1n) is 21.1. The van der Waals surface area contributed by atoms with E-state index in [1.807, 2.05) is 0 Å². The molecule has 4 N–H and O–H groups in total. The number of ether oxygens (including phenoxy) is 4. The Morgan fingerprint density at radius 3 is 1.64 bits per heavy atom. The summed E-state index contributed by atoms with van der Waals surface area (Å²) in [4.78, 5) is 25.2. The number of carbonyl (C=O) groups is 2. The highest BCUT2D eigenvalue weighted by atomic mass is 16.7. The summed E-state index contributed by atoms with van der Waals surface area (Å²) in [6, 6.07) is 0. The smallest absolute Gasteiger partial charge is 0.306 e. The van der Waals surface area contributed by atoms with Gasteiger partial charge in [0.05, 0.1) is 13.2 Å². The molecule has 0 aromatic carbocycles. The highest BCUT2D eigenvalue weighted by Gasteiger charge is 2.44. The third kappa shape index (κ3) is 26.4. The molecule has 0 radical (unpaired) electrons. The number of aliphatic hydroxyl groups is 4. The van der Waals surface area contributed by atoms with Crippen molar-refractivity contribution in [2.24, 2.45) is 0 Å². The minimum absolute atomic E-state index is 0.206. The van der Waals surface area contributed by atoms with Crippen LogP contribution >= 0.6 is 0 Å². The van der Waals surface area contributed by atoms with Crippen LogP contribution in [0.1, 0.15) is 168 Å². The van der Waals surface area contributed by atoms with Crippen molar-refractivity contribution in [1.29, 1.82) is 0 Å². The number of esters is 2. The fraction of sp³-hybridized carbons (Fsp3) is 0.814. The monoisotopic (exact) mass is 753 g/mol. The van der Waals surface area contributed by atoms with E-state index < -0.39 is 55.4 Å². The number of allylic oxidation sites excluding steroid dienone is 6. The number of unbranched alkanes of at least 4 members (excludes halogenated alkanes) is 17. The van der Waals surface area contributed by atoms with Gasteiger partial charge in [-0.05, 0) is 70.6 Å². The first kappa shape index (κ1) is 48.9. The number of rotatable bonds is 34. The molecule has 0 bridgehead atoms. The maximum atomic E-state index is 12.7. The molecule has 0 aromatic heterocycles. The second-order valence-electron chi connectivity index (χ2n) is 14.4. The summed E-state index contributed by atoms with van der Waals surface area (Å²) in [6.07, 6.45) is 30.1. The van der Waals surface area contributed by atoms with Gasteiger partial charge >= 0.3 is 11.9 Å². The zero-order chi connectivity index (χ0) is 38.8. The molecule has 0 aliphatic carbocycles. The molecule has 0 aromatic rings. The predicted octanol–water partition coefficient (Wildman–Crippen LogP) is 8.33. The molecular weight excluding hydrogens is 676 g/mol. The summed E-state index contributed by atoms with van der Waals surface area (Å²) in [5, 5.41) is 40.0. The van der Waals surface area contributed by atoms with E-state index in [1.165, 1.54) is 64.2 Å². The molecule has 0 unspecified atom stereocenters. The van der Waals surface area contributed by atoms with Crippen LogP contribution in [0, 0.1) is 0 Å². The lowest BCUT2D eigenvalue weighted by Gasteiger charge is -2.39. The van der Waals surface area contributed by atoms with E-state index in [0.717, 1.165) is 64.2 Å². The average molecular weight is 753 g/mol. The molecule has 1 rings (SSSR count). The van der Waals surface area contributed by atoms with Crippen molar-refractivity contribution in [3.63, 3.8) is 0 Å². The second kappa shape index (κ2) is 34.4. The lowest BCUT2D eigenvalue weighted by molar-refractivity contribution is -0.305. The van der Waals surface area contributed by atoms with Crippen LogP contribution < -0.4 is 0 Å². The summed E-state index contributed by atoms with van der Waals surface area (Å²) >= 11 is 0. The molecule has 53 heavy (non-hydrogen) atoms.